The normalized spacial score (nSPS) is 13.1. The van der Waals surface area contributed by atoms with E-state index in [0.717, 1.165) is 4.90 Å². The predicted octanol–water partition coefficient (Wildman–Crippen LogP) is 3.76. The Balaban J connectivity index is 1.66. The van der Waals surface area contributed by atoms with Crippen molar-refractivity contribution in [1.82, 2.24) is 4.90 Å². The van der Waals surface area contributed by atoms with E-state index in [0.29, 0.717) is 10.1 Å². The van der Waals surface area contributed by atoms with Crippen LogP contribution in [-0.4, -0.2) is 44.7 Å². The van der Waals surface area contributed by atoms with E-state index in [1.54, 1.807) is 18.2 Å². The standard InChI is InChI=1S/C24H19ClN2O6S/c1-33-21-12-11-16(15-20(21)25)27(34(31,32)17-7-3-2-4-8-17)22(28)13-14-26-23(29)18-9-5-6-10-19(18)24(26)30/h2-12,15H,13-14H2,1H3. The van der Waals surface area contributed by atoms with Gasteiger partial charge in [-0.15, -0.1) is 0 Å². The fraction of sp³-hybridized carbons (Fsp3) is 0.125. The Bertz CT molecular complexity index is 1360. The summed E-state index contributed by atoms with van der Waals surface area (Å²) in [5.74, 6) is -1.58. The van der Waals surface area contributed by atoms with Crippen molar-refractivity contribution in [3.05, 3.63) is 88.9 Å². The average Bonchev–Trinajstić information content (AvgIpc) is 3.08. The minimum absolute atomic E-state index is 0.00186. The third-order valence-corrected chi connectivity index (χ3v) is 7.36. The number of ether oxygens (including phenoxy) is 1. The number of halogens is 1. The summed E-state index contributed by atoms with van der Waals surface area (Å²) in [6.45, 7) is -0.282. The number of methoxy groups -OCH3 is 1. The molecular formula is C24H19ClN2O6S. The van der Waals surface area contributed by atoms with Crippen LogP contribution in [0.1, 0.15) is 27.1 Å². The highest BCUT2D eigenvalue weighted by Gasteiger charge is 2.37. The van der Waals surface area contributed by atoms with Crippen molar-refractivity contribution in [2.75, 3.05) is 18.0 Å². The molecule has 0 aromatic heterocycles. The maximum absolute atomic E-state index is 13.4. The quantitative estimate of drug-likeness (QED) is 0.460. The number of fused-ring (bicyclic) bond motifs is 1. The van der Waals surface area contributed by atoms with E-state index in [9.17, 15) is 22.8 Å². The summed E-state index contributed by atoms with van der Waals surface area (Å²) in [6.07, 6.45) is -0.415. The van der Waals surface area contributed by atoms with Crippen molar-refractivity contribution in [1.29, 1.82) is 0 Å². The molecule has 1 aliphatic rings. The number of hydrogen-bond donors (Lipinski definition) is 0. The van der Waals surface area contributed by atoms with Crippen molar-refractivity contribution >= 4 is 45.0 Å². The lowest BCUT2D eigenvalue weighted by Gasteiger charge is -2.24. The zero-order chi connectivity index (χ0) is 24.5. The molecule has 3 amide bonds. The van der Waals surface area contributed by atoms with Gasteiger partial charge in [-0.25, -0.2) is 12.7 Å². The van der Waals surface area contributed by atoms with E-state index in [-0.39, 0.29) is 33.3 Å². The van der Waals surface area contributed by atoms with Crippen LogP contribution in [0.5, 0.6) is 5.75 Å². The van der Waals surface area contributed by atoms with E-state index >= 15 is 0 Å². The van der Waals surface area contributed by atoms with Gasteiger partial charge in [0.1, 0.15) is 5.75 Å². The van der Waals surface area contributed by atoms with Crippen molar-refractivity contribution in [2.45, 2.75) is 11.3 Å². The Labute approximate surface area is 201 Å². The Morgan fingerprint density at radius 1 is 0.941 bits per heavy atom. The summed E-state index contributed by atoms with van der Waals surface area (Å²) in [7, 11) is -2.91. The summed E-state index contributed by atoms with van der Waals surface area (Å²) in [5.41, 5.74) is 0.494. The molecule has 1 aliphatic heterocycles. The van der Waals surface area contributed by atoms with Gasteiger partial charge in [0, 0.05) is 13.0 Å². The molecule has 8 nitrogen and oxygen atoms in total. The molecule has 0 aliphatic carbocycles. The van der Waals surface area contributed by atoms with Crippen LogP contribution < -0.4 is 9.04 Å². The number of hydrogen-bond acceptors (Lipinski definition) is 6. The number of anilines is 1. The highest BCUT2D eigenvalue weighted by atomic mass is 35.5. The molecule has 0 N–H and O–H groups in total. The third kappa shape index (κ3) is 4.15. The predicted molar refractivity (Wildman–Crippen MR) is 126 cm³/mol. The molecule has 0 bridgehead atoms. The Morgan fingerprint density at radius 3 is 2.09 bits per heavy atom. The maximum atomic E-state index is 13.4. The van der Waals surface area contributed by atoms with Gasteiger partial charge < -0.3 is 4.74 Å². The molecule has 0 fully saturated rings. The Morgan fingerprint density at radius 2 is 1.53 bits per heavy atom. The minimum atomic E-state index is -4.32. The lowest BCUT2D eigenvalue weighted by molar-refractivity contribution is -0.117. The van der Waals surface area contributed by atoms with Crippen LogP contribution in [0.25, 0.3) is 0 Å². The van der Waals surface area contributed by atoms with Crippen LogP contribution in [0.4, 0.5) is 5.69 Å². The number of carbonyl (C=O) groups excluding carboxylic acids is 3. The van der Waals surface area contributed by atoms with Gasteiger partial charge in [0.25, 0.3) is 21.8 Å². The smallest absolute Gasteiger partial charge is 0.270 e. The molecule has 0 saturated heterocycles. The van der Waals surface area contributed by atoms with E-state index in [2.05, 4.69) is 0 Å². The van der Waals surface area contributed by atoms with E-state index in [1.807, 2.05) is 0 Å². The number of benzene rings is 3. The van der Waals surface area contributed by atoms with Gasteiger partial charge in [0.2, 0.25) is 5.91 Å². The highest BCUT2D eigenvalue weighted by molar-refractivity contribution is 7.93. The SMILES string of the molecule is COc1ccc(N(C(=O)CCN2C(=O)c3ccccc3C2=O)S(=O)(=O)c2ccccc2)cc1Cl. The summed E-state index contributed by atoms with van der Waals surface area (Å²) in [4.78, 5) is 39.4. The molecule has 0 spiro atoms. The summed E-state index contributed by atoms with van der Waals surface area (Å²) in [6, 6.07) is 17.9. The first kappa shape index (κ1) is 23.5. The third-order valence-electron chi connectivity index (χ3n) is 5.31. The fourth-order valence-corrected chi connectivity index (χ4v) is 5.36. The largest absolute Gasteiger partial charge is 0.495 e. The number of amides is 3. The van der Waals surface area contributed by atoms with E-state index in [1.165, 1.54) is 61.7 Å². The molecule has 0 atom stereocenters. The first-order valence-electron chi connectivity index (χ1n) is 10.2. The van der Waals surface area contributed by atoms with Crippen LogP contribution in [0, 0.1) is 0 Å². The summed E-state index contributed by atoms with van der Waals surface area (Å²) >= 11 is 6.19. The molecule has 0 radical (unpaired) electrons. The van der Waals surface area contributed by atoms with Crippen LogP contribution >= 0.6 is 11.6 Å². The number of carbonyl (C=O) groups is 3. The van der Waals surface area contributed by atoms with Crippen LogP contribution in [0.2, 0.25) is 5.02 Å². The molecule has 3 aromatic carbocycles. The maximum Gasteiger partial charge on any atom is 0.270 e. The molecule has 174 valence electrons. The van der Waals surface area contributed by atoms with Crippen molar-refractivity contribution < 1.29 is 27.5 Å². The monoisotopic (exact) mass is 498 g/mol. The molecule has 3 aromatic rings. The van der Waals surface area contributed by atoms with Crippen molar-refractivity contribution in [3.63, 3.8) is 0 Å². The number of imide groups is 1. The van der Waals surface area contributed by atoms with Crippen LogP contribution in [-0.2, 0) is 14.8 Å². The van der Waals surface area contributed by atoms with Crippen molar-refractivity contribution in [2.24, 2.45) is 0 Å². The van der Waals surface area contributed by atoms with E-state index < -0.39 is 34.2 Å². The van der Waals surface area contributed by atoms with Gasteiger partial charge in [0.05, 0.1) is 33.8 Å². The molecule has 0 unspecified atom stereocenters. The fourth-order valence-electron chi connectivity index (χ4n) is 3.65. The first-order chi connectivity index (χ1) is 16.3. The lowest BCUT2D eigenvalue weighted by Crippen LogP contribution is -2.40. The van der Waals surface area contributed by atoms with Gasteiger partial charge in [-0.1, -0.05) is 41.9 Å². The average molecular weight is 499 g/mol. The van der Waals surface area contributed by atoms with Gasteiger partial charge in [-0.3, -0.25) is 19.3 Å². The van der Waals surface area contributed by atoms with E-state index in [4.69, 9.17) is 16.3 Å². The zero-order valence-corrected chi connectivity index (χ0v) is 19.5. The number of rotatable bonds is 7. The molecular weight excluding hydrogens is 480 g/mol. The number of nitrogens with zero attached hydrogens (tertiary/aromatic N) is 2. The second-order valence-corrected chi connectivity index (χ2v) is 9.55. The van der Waals surface area contributed by atoms with Gasteiger partial charge >= 0.3 is 0 Å². The Hall–Kier alpha value is -3.69. The molecule has 34 heavy (non-hydrogen) atoms. The highest BCUT2D eigenvalue weighted by Crippen LogP contribution is 2.32. The topological polar surface area (TPSA) is 101 Å². The minimum Gasteiger partial charge on any atom is -0.495 e. The van der Waals surface area contributed by atoms with Crippen LogP contribution in [0.3, 0.4) is 0 Å². The van der Waals surface area contributed by atoms with Gasteiger partial charge in [-0.05, 0) is 42.5 Å². The van der Waals surface area contributed by atoms with Crippen molar-refractivity contribution in [3.8, 4) is 5.75 Å². The second-order valence-electron chi connectivity index (χ2n) is 7.35. The Kier molecular flexibility index (Phi) is 6.41. The second kappa shape index (κ2) is 9.28. The molecule has 0 saturated carbocycles. The molecule has 1 heterocycles. The van der Waals surface area contributed by atoms with Gasteiger partial charge in [0.15, 0.2) is 0 Å². The molecule has 10 heteroatoms. The first-order valence-corrected chi connectivity index (χ1v) is 12.0. The van der Waals surface area contributed by atoms with Gasteiger partial charge in [-0.2, -0.15) is 0 Å². The van der Waals surface area contributed by atoms with Crippen LogP contribution in [0.15, 0.2) is 77.7 Å². The summed E-state index contributed by atoms with van der Waals surface area (Å²) in [5, 5.41) is 0.112. The molecule has 4 rings (SSSR count). The number of sulfonamides is 1. The summed E-state index contributed by atoms with van der Waals surface area (Å²) < 4.78 is 32.6. The zero-order valence-electron chi connectivity index (χ0n) is 18.0. The lowest BCUT2D eigenvalue weighted by atomic mass is 10.1.